The third-order valence-corrected chi connectivity index (χ3v) is 3.38. The molecule has 0 aromatic heterocycles. The van der Waals surface area contributed by atoms with E-state index in [1.165, 1.54) is 0 Å². The van der Waals surface area contributed by atoms with Gasteiger partial charge in [-0.15, -0.1) is 0 Å². The van der Waals surface area contributed by atoms with Gasteiger partial charge in [0.25, 0.3) is 0 Å². The second-order valence-corrected chi connectivity index (χ2v) is 6.25. The molecule has 1 aliphatic heterocycles. The number of nitrogens with zero attached hydrogens (tertiary/aromatic N) is 1. The monoisotopic (exact) mass is 291 g/mol. The third kappa shape index (κ3) is 3.74. The molecule has 0 bridgehead atoms. The van der Waals surface area contributed by atoms with E-state index in [1.807, 2.05) is 26.8 Å². The minimum absolute atomic E-state index is 0.267. The first-order valence-electron chi connectivity index (χ1n) is 7.10. The molecule has 0 saturated heterocycles. The van der Waals surface area contributed by atoms with Crippen molar-refractivity contribution in [2.75, 3.05) is 6.54 Å². The summed E-state index contributed by atoms with van der Waals surface area (Å²) in [6, 6.07) is 5.27. The van der Waals surface area contributed by atoms with Crippen LogP contribution in [-0.2, 0) is 17.7 Å². The lowest BCUT2D eigenvalue weighted by atomic mass is 9.99. The van der Waals surface area contributed by atoms with Crippen molar-refractivity contribution in [3.05, 3.63) is 34.9 Å². The van der Waals surface area contributed by atoms with E-state index in [9.17, 15) is 14.7 Å². The molecule has 1 N–H and O–H groups in total. The third-order valence-electron chi connectivity index (χ3n) is 3.38. The molecule has 114 valence electrons. The molecule has 1 aliphatic rings. The normalized spacial score (nSPS) is 15.1. The van der Waals surface area contributed by atoms with Crippen molar-refractivity contribution in [2.24, 2.45) is 0 Å². The van der Waals surface area contributed by atoms with E-state index in [0.29, 0.717) is 12.1 Å². The maximum atomic E-state index is 12.2. The first kappa shape index (κ1) is 15.4. The zero-order chi connectivity index (χ0) is 15.6. The number of carbonyl (C=O) groups excluding carboxylic acids is 1. The molecule has 1 aromatic carbocycles. The highest BCUT2D eigenvalue weighted by Gasteiger charge is 2.26. The van der Waals surface area contributed by atoms with E-state index in [1.54, 1.807) is 17.0 Å². The van der Waals surface area contributed by atoms with Crippen LogP contribution in [0.15, 0.2) is 18.2 Å². The van der Waals surface area contributed by atoms with Crippen LogP contribution in [0.3, 0.4) is 0 Å². The summed E-state index contributed by atoms with van der Waals surface area (Å²) in [5.74, 6) is -0.960. The Balaban J connectivity index is 2.28. The fourth-order valence-corrected chi connectivity index (χ4v) is 2.47. The summed E-state index contributed by atoms with van der Waals surface area (Å²) in [6.45, 7) is 6.31. The number of carboxylic acids is 1. The Hall–Kier alpha value is -2.04. The minimum atomic E-state index is -0.960. The van der Waals surface area contributed by atoms with Gasteiger partial charge in [-0.3, -0.25) is 0 Å². The summed E-state index contributed by atoms with van der Waals surface area (Å²) in [4.78, 5) is 25.2. The standard InChI is InChI=1S/C16H21NO4/c1-16(2,3)21-15(20)17-9-5-7-11-6-4-8-12(14(18)19)13(11)10-17/h4,6,8H,5,7,9-10H2,1-3H3,(H,18,19). The smallest absolute Gasteiger partial charge is 0.410 e. The Labute approximate surface area is 124 Å². The highest BCUT2D eigenvalue weighted by atomic mass is 16.6. The van der Waals surface area contributed by atoms with E-state index < -0.39 is 17.7 Å². The zero-order valence-corrected chi connectivity index (χ0v) is 12.7. The van der Waals surface area contributed by atoms with Gasteiger partial charge < -0.3 is 14.7 Å². The number of carbonyl (C=O) groups is 2. The van der Waals surface area contributed by atoms with Crippen LogP contribution in [0.25, 0.3) is 0 Å². The number of aromatic carboxylic acids is 1. The van der Waals surface area contributed by atoms with Gasteiger partial charge in [-0.25, -0.2) is 9.59 Å². The molecule has 0 unspecified atom stereocenters. The van der Waals surface area contributed by atoms with Crippen LogP contribution < -0.4 is 0 Å². The van der Waals surface area contributed by atoms with Crippen molar-refractivity contribution in [1.82, 2.24) is 4.90 Å². The highest BCUT2D eigenvalue weighted by Crippen LogP contribution is 2.24. The highest BCUT2D eigenvalue weighted by molar-refractivity contribution is 5.90. The number of aryl methyl sites for hydroxylation is 1. The maximum Gasteiger partial charge on any atom is 0.410 e. The van der Waals surface area contributed by atoms with Gasteiger partial charge in [0.15, 0.2) is 0 Å². The molecule has 0 atom stereocenters. The average molecular weight is 291 g/mol. The number of amides is 1. The number of carboxylic acid groups (broad SMARTS) is 1. The van der Waals surface area contributed by atoms with Crippen molar-refractivity contribution >= 4 is 12.1 Å². The molecular formula is C16H21NO4. The van der Waals surface area contributed by atoms with Crippen LogP contribution in [0.4, 0.5) is 4.79 Å². The lowest BCUT2D eigenvalue weighted by Gasteiger charge is -2.26. The second kappa shape index (κ2) is 5.76. The van der Waals surface area contributed by atoms with Crippen LogP contribution in [0, 0.1) is 0 Å². The SMILES string of the molecule is CC(C)(C)OC(=O)N1CCCc2cccc(C(=O)O)c2C1. The van der Waals surface area contributed by atoms with Crippen LogP contribution in [0.5, 0.6) is 0 Å². The molecule has 1 aromatic rings. The summed E-state index contributed by atoms with van der Waals surface area (Å²) in [5, 5.41) is 9.31. The molecular weight excluding hydrogens is 270 g/mol. The van der Waals surface area contributed by atoms with Crippen molar-refractivity contribution < 1.29 is 19.4 Å². The molecule has 0 radical (unpaired) electrons. The predicted molar refractivity (Wildman–Crippen MR) is 78.4 cm³/mol. The fourth-order valence-electron chi connectivity index (χ4n) is 2.47. The van der Waals surface area contributed by atoms with Crippen molar-refractivity contribution in [3.8, 4) is 0 Å². The van der Waals surface area contributed by atoms with Crippen molar-refractivity contribution in [1.29, 1.82) is 0 Å². The zero-order valence-electron chi connectivity index (χ0n) is 12.7. The quantitative estimate of drug-likeness (QED) is 0.863. The van der Waals surface area contributed by atoms with Gasteiger partial charge in [0.1, 0.15) is 5.60 Å². The summed E-state index contributed by atoms with van der Waals surface area (Å²) in [6.07, 6.45) is 1.18. The van der Waals surface area contributed by atoms with Crippen LogP contribution in [-0.4, -0.2) is 34.2 Å². The Morgan fingerprint density at radius 2 is 2.00 bits per heavy atom. The van der Waals surface area contributed by atoms with Gasteiger partial charge in [-0.2, -0.15) is 0 Å². The number of benzene rings is 1. The summed E-state index contributed by atoms with van der Waals surface area (Å²) < 4.78 is 5.39. The predicted octanol–water partition coefficient (Wildman–Crippen LogP) is 3.07. The number of ether oxygens (including phenoxy) is 1. The summed E-state index contributed by atoms with van der Waals surface area (Å²) in [7, 11) is 0. The number of hydrogen-bond acceptors (Lipinski definition) is 3. The number of rotatable bonds is 1. The van der Waals surface area contributed by atoms with Gasteiger partial charge >= 0.3 is 12.1 Å². The molecule has 1 amide bonds. The van der Waals surface area contributed by atoms with Crippen LogP contribution in [0.2, 0.25) is 0 Å². The van der Waals surface area contributed by atoms with Crippen LogP contribution >= 0.6 is 0 Å². The lowest BCUT2D eigenvalue weighted by molar-refractivity contribution is 0.0235. The second-order valence-electron chi connectivity index (χ2n) is 6.25. The lowest BCUT2D eigenvalue weighted by Crippen LogP contribution is -2.36. The van der Waals surface area contributed by atoms with Crippen molar-refractivity contribution in [3.63, 3.8) is 0 Å². The van der Waals surface area contributed by atoms with Crippen LogP contribution in [0.1, 0.15) is 48.7 Å². The molecule has 0 fully saturated rings. The van der Waals surface area contributed by atoms with Gasteiger partial charge in [0.2, 0.25) is 0 Å². The minimum Gasteiger partial charge on any atom is -0.478 e. The van der Waals surface area contributed by atoms with E-state index in [-0.39, 0.29) is 12.1 Å². The molecule has 1 heterocycles. The Kier molecular flexibility index (Phi) is 4.21. The average Bonchev–Trinajstić information content (AvgIpc) is 2.57. The number of hydrogen-bond donors (Lipinski definition) is 1. The summed E-state index contributed by atoms with van der Waals surface area (Å²) in [5.41, 5.74) is 1.43. The Morgan fingerprint density at radius 1 is 1.29 bits per heavy atom. The molecule has 21 heavy (non-hydrogen) atoms. The molecule has 2 rings (SSSR count). The van der Waals surface area contributed by atoms with E-state index >= 15 is 0 Å². The van der Waals surface area contributed by atoms with Gasteiger partial charge in [-0.05, 0) is 50.8 Å². The molecule has 5 heteroatoms. The molecule has 0 saturated carbocycles. The Bertz CT molecular complexity index is 560. The van der Waals surface area contributed by atoms with Gasteiger partial charge in [0.05, 0.1) is 12.1 Å². The van der Waals surface area contributed by atoms with E-state index in [0.717, 1.165) is 18.4 Å². The largest absolute Gasteiger partial charge is 0.478 e. The topological polar surface area (TPSA) is 66.8 Å². The maximum absolute atomic E-state index is 12.2. The van der Waals surface area contributed by atoms with E-state index in [4.69, 9.17) is 4.74 Å². The molecule has 5 nitrogen and oxygen atoms in total. The van der Waals surface area contributed by atoms with Gasteiger partial charge in [-0.1, -0.05) is 12.1 Å². The fraction of sp³-hybridized carbons (Fsp3) is 0.500. The van der Waals surface area contributed by atoms with E-state index in [2.05, 4.69) is 0 Å². The molecule has 0 spiro atoms. The van der Waals surface area contributed by atoms with Crippen molar-refractivity contribution in [2.45, 2.75) is 45.8 Å². The molecule has 0 aliphatic carbocycles. The Morgan fingerprint density at radius 3 is 2.62 bits per heavy atom. The first-order valence-corrected chi connectivity index (χ1v) is 7.10. The van der Waals surface area contributed by atoms with Gasteiger partial charge in [0, 0.05) is 6.54 Å². The first-order chi connectivity index (χ1) is 9.78. The number of fused-ring (bicyclic) bond motifs is 1. The summed E-state index contributed by atoms with van der Waals surface area (Å²) >= 11 is 0.